The minimum atomic E-state index is -0.635. The number of hydrogen-bond donors (Lipinski definition) is 1. The Balaban J connectivity index is 2.71. The lowest BCUT2D eigenvalue weighted by Gasteiger charge is -2.28. The fourth-order valence-electron chi connectivity index (χ4n) is 2.13. The SMILES string of the molecule is CCCCOCCC(C#N)(NCCC)c1ccccc1. The molecule has 0 spiro atoms. The van der Waals surface area contributed by atoms with Crippen LogP contribution in [0.2, 0.25) is 0 Å². The molecule has 3 nitrogen and oxygen atoms in total. The van der Waals surface area contributed by atoms with Crippen LogP contribution in [0.15, 0.2) is 30.3 Å². The first-order chi connectivity index (χ1) is 9.79. The summed E-state index contributed by atoms with van der Waals surface area (Å²) in [4.78, 5) is 0. The van der Waals surface area contributed by atoms with Gasteiger partial charge in [-0.1, -0.05) is 50.6 Å². The molecule has 0 fully saturated rings. The number of nitrogens with one attached hydrogen (secondary N) is 1. The standard InChI is InChI=1S/C17H26N2O/c1-3-5-13-20-14-11-17(15-18,19-12-4-2)16-9-7-6-8-10-16/h6-10,19H,3-5,11-14H2,1-2H3. The van der Waals surface area contributed by atoms with Crippen molar-refractivity contribution in [2.24, 2.45) is 0 Å². The van der Waals surface area contributed by atoms with Gasteiger partial charge in [0.15, 0.2) is 0 Å². The molecule has 0 aromatic heterocycles. The summed E-state index contributed by atoms with van der Waals surface area (Å²) >= 11 is 0. The van der Waals surface area contributed by atoms with Crippen LogP contribution in [-0.4, -0.2) is 19.8 Å². The molecule has 1 atom stereocenters. The van der Waals surface area contributed by atoms with E-state index in [1.54, 1.807) is 0 Å². The number of nitriles is 1. The topological polar surface area (TPSA) is 45.0 Å². The summed E-state index contributed by atoms with van der Waals surface area (Å²) in [5.74, 6) is 0. The average Bonchev–Trinajstić information content (AvgIpc) is 2.51. The molecule has 0 heterocycles. The highest BCUT2D eigenvalue weighted by Gasteiger charge is 2.31. The number of ether oxygens (including phenoxy) is 1. The van der Waals surface area contributed by atoms with Crippen molar-refractivity contribution in [3.63, 3.8) is 0 Å². The van der Waals surface area contributed by atoms with Gasteiger partial charge >= 0.3 is 0 Å². The molecule has 1 aromatic rings. The van der Waals surface area contributed by atoms with Gasteiger partial charge in [-0.2, -0.15) is 5.26 Å². The lowest BCUT2D eigenvalue weighted by Crippen LogP contribution is -2.42. The number of hydrogen-bond acceptors (Lipinski definition) is 3. The molecule has 0 radical (unpaired) electrons. The molecule has 0 saturated heterocycles. The second-order valence-electron chi connectivity index (χ2n) is 5.03. The van der Waals surface area contributed by atoms with E-state index in [1.807, 2.05) is 30.3 Å². The molecule has 1 aromatic carbocycles. The number of rotatable bonds is 10. The van der Waals surface area contributed by atoms with Gasteiger partial charge in [0.25, 0.3) is 0 Å². The molecule has 1 unspecified atom stereocenters. The lowest BCUT2D eigenvalue weighted by atomic mass is 9.88. The Hall–Kier alpha value is -1.37. The predicted molar refractivity (Wildman–Crippen MR) is 82.4 cm³/mol. The van der Waals surface area contributed by atoms with Crippen LogP contribution in [0.1, 0.15) is 45.1 Å². The molecule has 0 aliphatic rings. The zero-order valence-corrected chi connectivity index (χ0v) is 12.7. The molecule has 0 saturated carbocycles. The van der Waals surface area contributed by atoms with E-state index in [-0.39, 0.29) is 0 Å². The summed E-state index contributed by atoms with van der Waals surface area (Å²) in [7, 11) is 0. The first kappa shape index (κ1) is 16.7. The Bertz CT molecular complexity index is 399. The Morgan fingerprint density at radius 3 is 2.50 bits per heavy atom. The highest BCUT2D eigenvalue weighted by atomic mass is 16.5. The van der Waals surface area contributed by atoms with Gasteiger partial charge in [-0.25, -0.2) is 0 Å². The van der Waals surface area contributed by atoms with E-state index in [2.05, 4.69) is 25.2 Å². The Morgan fingerprint density at radius 2 is 1.90 bits per heavy atom. The molecule has 1 rings (SSSR count). The summed E-state index contributed by atoms with van der Waals surface area (Å²) in [6.07, 6.45) is 3.90. The Morgan fingerprint density at radius 1 is 1.15 bits per heavy atom. The summed E-state index contributed by atoms with van der Waals surface area (Å²) in [5.41, 5.74) is 0.388. The smallest absolute Gasteiger partial charge is 0.134 e. The van der Waals surface area contributed by atoms with E-state index in [0.29, 0.717) is 13.0 Å². The van der Waals surface area contributed by atoms with Gasteiger partial charge < -0.3 is 4.74 Å². The van der Waals surface area contributed by atoms with E-state index in [0.717, 1.165) is 38.0 Å². The highest BCUT2D eigenvalue weighted by Crippen LogP contribution is 2.24. The van der Waals surface area contributed by atoms with Crippen LogP contribution < -0.4 is 5.32 Å². The summed E-state index contributed by atoms with van der Waals surface area (Å²) in [6, 6.07) is 12.4. The molecular weight excluding hydrogens is 248 g/mol. The summed E-state index contributed by atoms with van der Waals surface area (Å²) in [5, 5.41) is 13.1. The van der Waals surface area contributed by atoms with Crippen molar-refractivity contribution in [2.75, 3.05) is 19.8 Å². The van der Waals surface area contributed by atoms with Crippen LogP contribution in [0.25, 0.3) is 0 Å². The van der Waals surface area contributed by atoms with Gasteiger partial charge in [0.05, 0.1) is 6.07 Å². The number of nitrogens with zero attached hydrogens (tertiary/aromatic N) is 1. The van der Waals surface area contributed by atoms with Gasteiger partial charge in [-0.15, -0.1) is 0 Å². The normalized spacial score (nSPS) is 13.7. The lowest BCUT2D eigenvalue weighted by molar-refractivity contribution is 0.113. The van der Waals surface area contributed by atoms with Gasteiger partial charge in [-0.05, 0) is 24.9 Å². The molecule has 110 valence electrons. The van der Waals surface area contributed by atoms with E-state index in [9.17, 15) is 5.26 Å². The fourth-order valence-corrected chi connectivity index (χ4v) is 2.13. The quantitative estimate of drug-likeness (QED) is 0.663. The van der Waals surface area contributed by atoms with Gasteiger partial charge in [0, 0.05) is 19.6 Å². The molecule has 0 bridgehead atoms. The average molecular weight is 274 g/mol. The van der Waals surface area contributed by atoms with Crippen molar-refractivity contribution < 1.29 is 4.74 Å². The first-order valence-corrected chi connectivity index (χ1v) is 7.58. The van der Waals surface area contributed by atoms with Crippen molar-refractivity contribution in [1.82, 2.24) is 5.32 Å². The number of unbranched alkanes of at least 4 members (excludes halogenated alkanes) is 1. The van der Waals surface area contributed by atoms with Crippen LogP contribution in [0.5, 0.6) is 0 Å². The largest absolute Gasteiger partial charge is 0.381 e. The molecule has 0 amide bonds. The van der Waals surface area contributed by atoms with E-state index >= 15 is 0 Å². The maximum Gasteiger partial charge on any atom is 0.134 e. The summed E-state index contributed by atoms with van der Waals surface area (Å²) in [6.45, 7) is 6.48. The third kappa shape index (κ3) is 4.96. The van der Waals surface area contributed by atoms with Gasteiger partial charge in [0.1, 0.15) is 5.54 Å². The maximum absolute atomic E-state index is 9.69. The van der Waals surface area contributed by atoms with Crippen LogP contribution in [-0.2, 0) is 10.3 Å². The molecular formula is C17H26N2O. The minimum absolute atomic E-state index is 0.610. The Labute approximate surface area is 123 Å². The van der Waals surface area contributed by atoms with Gasteiger partial charge in [0.2, 0.25) is 0 Å². The molecule has 0 aliphatic heterocycles. The minimum Gasteiger partial charge on any atom is -0.381 e. The zero-order valence-electron chi connectivity index (χ0n) is 12.7. The van der Waals surface area contributed by atoms with Crippen LogP contribution in [0.4, 0.5) is 0 Å². The van der Waals surface area contributed by atoms with Crippen molar-refractivity contribution in [1.29, 1.82) is 5.26 Å². The second-order valence-corrected chi connectivity index (χ2v) is 5.03. The van der Waals surface area contributed by atoms with Crippen LogP contribution in [0, 0.1) is 11.3 Å². The monoisotopic (exact) mass is 274 g/mol. The molecule has 20 heavy (non-hydrogen) atoms. The number of benzene rings is 1. The molecule has 3 heteroatoms. The highest BCUT2D eigenvalue weighted by molar-refractivity contribution is 5.31. The fraction of sp³-hybridized carbons (Fsp3) is 0.588. The summed E-state index contributed by atoms with van der Waals surface area (Å²) < 4.78 is 5.64. The third-order valence-electron chi connectivity index (χ3n) is 3.40. The Kier molecular flexibility index (Phi) is 7.94. The van der Waals surface area contributed by atoms with Crippen molar-refractivity contribution in [3.8, 4) is 6.07 Å². The van der Waals surface area contributed by atoms with Gasteiger partial charge in [-0.3, -0.25) is 5.32 Å². The zero-order chi connectivity index (χ0) is 14.7. The predicted octanol–water partition coefficient (Wildman–Crippen LogP) is 3.61. The maximum atomic E-state index is 9.69. The van der Waals surface area contributed by atoms with E-state index in [1.165, 1.54) is 0 Å². The van der Waals surface area contributed by atoms with E-state index in [4.69, 9.17) is 4.74 Å². The van der Waals surface area contributed by atoms with Crippen molar-refractivity contribution in [3.05, 3.63) is 35.9 Å². The van der Waals surface area contributed by atoms with Crippen molar-refractivity contribution >= 4 is 0 Å². The van der Waals surface area contributed by atoms with Crippen molar-refractivity contribution in [2.45, 2.75) is 45.1 Å². The molecule has 1 N–H and O–H groups in total. The third-order valence-corrected chi connectivity index (χ3v) is 3.40. The first-order valence-electron chi connectivity index (χ1n) is 7.58. The second kappa shape index (κ2) is 9.52. The van der Waals surface area contributed by atoms with Crippen LogP contribution >= 0.6 is 0 Å². The van der Waals surface area contributed by atoms with Crippen LogP contribution in [0.3, 0.4) is 0 Å². The van der Waals surface area contributed by atoms with E-state index < -0.39 is 5.54 Å². The molecule has 0 aliphatic carbocycles.